The first kappa shape index (κ1) is 12.7. The van der Waals surface area contributed by atoms with E-state index in [-0.39, 0.29) is 0 Å². The van der Waals surface area contributed by atoms with Gasteiger partial charge in [-0.3, -0.25) is 0 Å². The number of rotatable bonds is 4. The second-order valence-corrected chi connectivity index (χ2v) is 5.20. The average Bonchev–Trinajstić information content (AvgIpc) is 2.85. The van der Waals surface area contributed by atoms with Gasteiger partial charge in [-0.2, -0.15) is 0 Å². The monoisotopic (exact) mass is 265 g/mol. The van der Waals surface area contributed by atoms with Crippen LogP contribution >= 0.6 is 0 Å². The van der Waals surface area contributed by atoms with Crippen molar-refractivity contribution >= 4 is 17.0 Å². The highest BCUT2D eigenvalue weighted by molar-refractivity contribution is 5.77. The molecule has 0 bridgehead atoms. The predicted molar refractivity (Wildman–Crippen MR) is 84.2 cm³/mol. The molecular weight excluding hydrogens is 246 g/mol. The summed E-state index contributed by atoms with van der Waals surface area (Å²) in [6, 6.07) is 14.7. The summed E-state index contributed by atoms with van der Waals surface area (Å²) in [6.07, 6.45) is 0.998. The zero-order valence-electron chi connectivity index (χ0n) is 11.9. The third kappa shape index (κ3) is 2.67. The van der Waals surface area contributed by atoms with E-state index in [0.29, 0.717) is 0 Å². The van der Waals surface area contributed by atoms with Gasteiger partial charge in [-0.15, -0.1) is 0 Å². The standard InChI is InChI=1S/C17H19N3/c1-12-7-8-14(11-13(12)2)9-10-18-17-19-15-5-3-4-6-16(15)20-17/h3-8,11H,9-10H2,1-2H3,(H2,18,19,20). The van der Waals surface area contributed by atoms with Gasteiger partial charge in [0.2, 0.25) is 5.95 Å². The van der Waals surface area contributed by atoms with Crippen molar-refractivity contribution in [3.63, 3.8) is 0 Å². The Balaban J connectivity index is 1.63. The summed E-state index contributed by atoms with van der Waals surface area (Å²) in [6.45, 7) is 5.18. The second kappa shape index (κ2) is 5.37. The first-order chi connectivity index (χ1) is 9.72. The zero-order chi connectivity index (χ0) is 13.9. The highest BCUT2D eigenvalue weighted by atomic mass is 15.1. The lowest BCUT2D eigenvalue weighted by atomic mass is 10.0. The number of benzene rings is 2. The van der Waals surface area contributed by atoms with E-state index in [1.807, 2.05) is 24.3 Å². The Hall–Kier alpha value is -2.29. The van der Waals surface area contributed by atoms with E-state index in [1.165, 1.54) is 16.7 Å². The summed E-state index contributed by atoms with van der Waals surface area (Å²) in [4.78, 5) is 7.79. The largest absolute Gasteiger partial charge is 0.355 e. The summed E-state index contributed by atoms with van der Waals surface area (Å²) in [5.41, 5.74) is 6.13. The highest BCUT2D eigenvalue weighted by Crippen LogP contribution is 2.14. The van der Waals surface area contributed by atoms with Gasteiger partial charge in [-0.1, -0.05) is 30.3 Å². The minimum absolute atomic E-state index is 0.843. The summed E-state index contributed by atoms with van der Waals surface area (Å²) >= 11 is 0. The molecule has 0 atom stereocenters. The van der Waals surface area contributed by atoms with Gasteiger partial charge in [-0.05, 0) is 49.1 Å². The highest BCUT2D eigenvalue weighted by Gasteiger charge is 2.01. The number of H-pyrrole nitrogens is 1. The summed E-state index contributed by atoms with van der Waals surface area (Å²) in [7, 11) is 0. The molecule has 3 rings (SSSR count). The molecule has 0 aliphatic carbocycles. The lowest BCUT2D eigenvalue weighted by Gasteiger charge is -2.06. The fourth-order valence-electron chi connectivity index (χ4n) is 2.32. The van der Waals surface area contributed by atoms with Crippen LogP contribution in [0.4, 0.5) is 5.95 Å². The van der Waals surface area contributed by atoms with Crippen LogP contribution in [0, 0.1) is 13.8 Å². The van der Waals surface area contributed by atoms with E-state index in [0.717, 1.165) is 29.9 Å². The van der Waals surface area contributed by atoms with Crippen LogP contribution in [0.3, 0.4) is 0 Å². The first-order valence-corrected chi connectivity index (χ1v) is 6.97. The SMILES string of the molecule is Cc1ccc(CCNc2nc3ccccc3[nH]2)cc1C. The summed E-state index contributed by atoms with van der Waals surface area (Å²) in [5.74, 6) is 0.843. The van der Waals surface area contributed by atoms with Crippen molar-refractivity contribution in [1.82, 2.24) is 9.97 Å². The molecule has 0 saturated carbocycles. The molecular formula is C17H19N3. The number of nitrogens with zero attached hydrogens (tertiary/aromatic N) is 1. The Bertz CT molecular complexity index is 695. The van der Waals surface area contributed by atoms with Gasteiger partial charge in [-0.25, -0.2) is 4.98 Å². The number of hydrogen-bond acceptors (Lipinski definition) is 2. The van der Waals surface area contributed by atoms with Crippen LogP contribution < -0.4 is 5.32 Å². The van der Waals surface area contributed by atoms with Crippen LogP contribution in [0.5, 0.6) is 0 Å². The van der Waals surface area contributed by atoms with Crippen molar-refractivity contribution in [3.05, 3.63) is 59.2 Å². The van der Waals surface area contributed by atoms with E-state index >= 15 is 0 Å². The van der Waals surface area contributed by atoms with Crippen molar-refractivity contribution < 1.29 is 0 Å². The molecule has 20 heavy (non-hydrogen) atoms. The van der Waals surface area contributed by atoms with Crippen LogP contribution in [0.2, 0.25) is 0 Å². The number of para-hydroxylation sites is 2. The Labute approximate surface area is 119 Å². The molecule has 2 N–H and O–H groups in total. The van der Waals surface area contributed by atoms with Gasteiger partial charge in [0, 0.05) is 6.54 Å². The molecule has 0 aliphatic heterocycles. The van der Waals surface area contributed by atoms with E-state index < -0.39 is 0 Å². The van der Waals surface area contributed by atoms with Crippen LogP contribution in [0.15, 0.2) is 42.5 Å². The zero-order valence-corrected chi connectivity index (χ0v) is 11.9. The molecule has 0 radical (unpaired) electrons. The molecule has 3 aromatic rings. The molecule has 2 aromatic carbocycles. The first-order valence-electron chi connectivity index (χ1n) is 6.97. The van der Waals surface area contributed by atoms with E-state index in [2.05, 4.69) is 47.3 Å². The maximum atomic E-state index is 4.51. The molecule has 0 spiro atoms. The van der Waals surface area contributed by atoms with Crippen molar-refractivity contribution in [2.24, 2.45) is 0 Å². The number of aryl methyl sites for hydroxylation is 2. The smallest absolute Gasteiger partial charge is 0.201 e. The topological polar surface area (TPSA) is 40.7 Å². The normalized spacial score (nSPS) is 10.9. The molecule has 0 unspecified atom stereocenters. The Morgan fingerprint density at radius 2 is 1.90 bits per heavy atom. The Kier molecular flexibility index (Phi) is 3.42. The quantitative estimate of drug-likeness (QED) is 0.752. The van der Waals surface area contributed by atoms with E-state index in [4.69, 9.17) is 0 Å². The lowest BCUT2D eigenvalue weighted by molar-refractivity contribution is 0.995. The molecule has 1 aromatic heterocycles. The van der Waals surface area contributed by atoms with Gasteiger partial charge in [0.15, 0.2) is 0 Å². The van der Waals surface area contributed by atoms with E-state index in [9.17, 15) is 0 Å². The lowest BCUT2D eigenvalue weighted by Crippen LogP contribution is -2.06. The fourth-order valence-corrected chi connectivity index (χ4v) is 2.32. The minimum Gasteiger partial charge on any atom is -0.355 e. The number of aromatic nitrogens is 2. The number of hydrogen-bond donors (Lipinski definition) is 2. The third-order valence-corrected chi connectivity index (χ3v) is 3.67. The predicted octanol–water partition coefficient (Wildman–Crippen LogP) is 3.83. The molecule has 0 aliphatic rings. The van der Waals surface area contributed by atoms with Crippen LogP contribution in [0.25, 0.3) is 11.0 Å². The van der Waals surface area contributed by atoms with Crippen molar-refractivity contribution in [2.75, 3.05) is 11.9 Å². The summed E-state index contributed by atoms with van der Waals surface area (Å²) < 4.78 is 0. The summed E-state index contributed by atoms with van der Waals surface area (Å²) in [5, 5.41) is 3.35. The molecule has 3 nitrogen and oxygen atoms in total. The van der Waals surface area contributed by atoms with Crippen LogP contribution in [-0.2, 0) is 6.42 Å². The maximum absolute atomic E-state index is 4.51. The second-order valence-electron chi connectivity index (χ2n) is 5.20. The number of fused-ring (bicyclic) bond motifs is 1. The molecule has 0 amide bonds. The van der Waals surface area contributed by atoms with Gasteiger partial charge in [0.25, 0.3) is 0 Å². The van der Waals surface area contributed by atoms with Crippen molar-refractivity contribution in [2.45, 2.75) is 20.3 Å². The molecule has 3 heteroatoms. The van der Waals surface area contributed by atoms with Gasteiger partial charge >= 0.3 is 0 Å². The Morgan fingerprint density at radius 3 is 2.70 bits per heavy atom. The molecule has 102 valence electrons. The van der Waals surface area contributed by atoms with Crippen LogP contribution in [0.1, 0.15) is 16.7 Å². The van der Waals surface area contributed by atoms with Gasteiger partial charge < -0.3 is 10.3 Å². The van der Waals surface area contributed by atoms with Crippen LogP contribution in [-0.4, -0.2) is 16.5 Å². The van der Waals surface area contributed by atoms with Crippen molar-refractivity contribution in [3.8, 4) is 0 Å². The van der Waals surface area contributed by atoms with Gasteiger partial charge in [0.1, 0.15) is 0 Å². The molecule has 0 fully saturated rings. The average molecular weight is 265 g/mol. The maximum Gasteiger partial charge on any atom is 0.201 e. The third-order valence-electron chi connectivity index (χ3n) is 3.67. The molecule has 1 heterocycles. The van der Waals surface area contributed by atoms with Crippen molar-refractivity contribution in [1.29, 1.82) is 0 Å². The number of nitrogens with one attached hydrogen (secondary N) is 2. The number of aromatic amines is 1. The van der Waals surface area contributed by atoms with Gasteiger partial charge in [0.05, 0.1) is 11.0 Å². The Morgan fingerprint density at radius 1 is 1.05 bits per heavy atom. The fraction of sp³-hybridized carbons (Fsp3) is 0.235. The number of imidazole rings is 1. The van der Waals surface area contributed by atoms with E-state index in [1.54, 1.807) is 0 Å². The minimum atomic E-state index is 0.843. The molecule has 0 saturated heterocycles. The number of anilines is 1.